The predicted molar refractivity (Wildman–Crippen MR) is 64.0 cm³/mol. The molecule has 0 radical (unpaired) electrons. The van der Waals surface area contributed by atoms with E-state index in [2.05, 4.69) is 0 Å². The minimum absolute atomic E-state index is 0.214. The van der Waals surface area contributed by atoms with Gasteiger partial charge in [0.15, 0.2) is 11.6 Å². The second-order valence-electron chi connectivity index (χ2n) is 4.21. The highest BCUT2D eigenvalue weighted by Crippen LogP contribution is 2.27. The van der Waals surface area contributed by atoms with Gasteiger partial charge in [-0.3, -0.25) is 10.1 Å². The normalized spacial score (nSPS) is 11.4. The second kappa shape index (κ2) is 5.92. The molecule has 0 spiro atoms. The summed E-state index contributed by atoms with van der Waals surface area (Å²) in [5.74, 6) is -2.68. The summed E-state index contributed by atoms with van der Waals surface area (Å²) in [6, 6.07) is 1.07. The molecule has 0 aliphatic heterocycles. The Bertz CT molecular complexity index is 475. The molecule has 0 aliphatic carbocycles. The van der Waals surface area contributed by atoms with Gasteiger partial charge in [-0.15, -0.1) is 0 Å². The van der Waals surface area contributed by atoms with Crippen LogP contribution >= 0.6 is 0 Å². The molecule has 0 bridgehead atoms. The number of nitro groups is 1. The van der Waals surface area contributed by atoms with Gasteiger partial charge < -0.3 is 9.84 Å². The third-order valence-electron chi connectivity index (χ3n) is 3.01. The lowest BCUT2D eigenvalue weighted by Gasteiger charge is -2.25. The molecule has 0 aromatic heterocycles. The highest BCUT2D eigenvalue weighted by molar-refractivity contribution is 5.39. The van der Waals surface area contributed by atoms with Crippen molar-refractivity contribution in [2.24, 2.45) is 0 Å². The Morgan fingerprint density at radius 1 is 1.32 bits per heavy atom. The van der Waals surface area contributed by atoms with Gasteiger partial charge in [0.05, 0.1) is 16.6 Å². The number of benzene rings is 1. The van der Waals surface area contributed by atoms with Crippen molar-refractivity contribution < 1.29 is 23.5 Å². The van der Waals surface area contributed by atoms with Crippen LogP contribution in [0.15, 0.2) is 12.1 Å². The fraction of sp³-hybridized carbons (Fsp3) is 0.500. The zero-order chi connectivity index (χ0) is 14.6. The molecule has 1 N–H and O–H groups in total. The zero-order valence-electron chi connectivity index (χ0n) is 10.7. The molecule has 0 unspecified atom stereocenters. The minimum Gasteiger partial charge on any atom is -0.487 e. The highest BCUT2D eigenvalue weighted by Gasteiger charge is 2.25. The van der Waals surface area contributed by atoms with E-state index in [-0.39, 0.29) is 6.61 Å². The first kappa shape index (κ1) is 15.3. The van der Waals surface area contributed by atoms with Crippen LogP contribution in [0.25, 0.3) is 0 Å². The number of nitro benzene ring substituents is 1. The summed E-state index contributed by atoms with van der Waals surface area (Å²) in [5, 5.41) is 20.4. The van der Waals surface area contributed by atoms with E-state index in [4.69, 9.17) is 4.74 Å². The van der Waals surface area contributed by atoms with Crippen molar-refractivity contribution in [2.75, 3.05) is 6.61 Å². The smallest absolute Gasteiger partial charge is 0.307 e. The van der Waals surface area contributed by atoms with Gasteiger partial charge in [-0.05, 0) is 12.8 Å². The third kappa shape index (κ3) is 3.60. The number of ether oxygens (including phenoxy) is 1. The molecular formula is C12H15F2NO4. The van der Waals surface area contributed by atoms with Crippen LogP contribution in [0.1, 0.15) is 26.7 Å². The van der Waals surface area contributed by atoms with Crippen molar-refractivity contribution in [1.82, 2.24) is 0 Å². The van der Waals surface area contributed by atoms with Crippen LogP contribution in [-0.4, -0.2) is 22.2 Å². The van der Waals surface area contributed by atoms with Crippen molar-refractivity contribution in [3.05, 3.63) is 33.9 Å². The molecule has 0 atom stereocenters. The number of hydrogen-bond acceptors (Lipinski definition) is 4. The van der Waals surface area contributed by atoms with Crippen LogP contribution in [-0.2, 0) is 0 Å². The lowest BCUT2D eigenvalue weighted by Crippen LogP contribution is -2.34. The summed E-state index contributed by atoms with van der Waals surface area (Å²) in [7, 11) is 0. The average molecular weight is 275 g/mol. The average Bonchev–Trinajstić information content (AvgIpc) is 2.38. The van der Waals surface area contributed by atoms with Crippen molar-refractivity contribution in [2.45, 2.75) is 32.3 Å². The van der Waals surface area contributed by atoms with Crippen molar-refractivity contribution in [1.29, 1.82) is 0 Å². The minimum atomic E-state index is -1.18. The third-order valence-corrected chi connectivity index (χ3v) is 3.01. The summed E-state index contributed by atoms with van der Waals surface area (Å²) >= 11 is 0. The van der Waals surface area contributed by atoms with Gasteiger partial charge in [-0.2, -0.15) is 4.39 Å². The van der Waals surface area contributed by atoms with E-state index in [1.54, 1.807) is 13.8 Å². The van der Waals surface area contributed by atoms with E-state index in [1.807, 2.05) is 0 Å². The number of aliphatic hydroxyl groups is 1. The first-order valence-electron chi connectivity index (χ1n) is 5.81. The number of hydrogen-bond donors (Lipinski definition) is 1. The van der Waals surface area contributed by atoms with E-state index in [1.165, 1.54) is 0 Å². The zero-order valence-corrected chi connectivity index (χ0v) is 10.7. The molecule has 0 aliphatic rings. The van der Waals surface area contributed by atoms with Crippen molar-refractivity contribution in [3.63, 3.8) is 0 Å². The summed E-state index contributed by atoms with van der Waals surface area (Å²) in [4.78, 5) is 9.40. The van der Waals surface area contributed by atoms with E-state index in [9.17, 15) is 24.0 Å². The van der Waals surface area contributed by atoms with E-state index >= 15 is 0 Å². The summed E-state index contributed by atoms with van der Waals surface area (Å²) < 4.78 is 31.8. The molecule has 5 nitrogen and oxygen atoms in total. The van der Waals surface area contributed by atoms with Gasteiger partial charge in [-0.1, -0.05) is 13.8 Å². The van der Waals surface area contributed by atoms with E-state index < -0.39 is 33.6 Å². The second-order valence-corrected chi connectivity index (χ2v) is 4.21. The van der Waals surface area contributed by atoms with Gasteiger partial charge in [0.1, 0.15) is 6.61 Å². The van der Waals surface area contributed by atoms with Gasteiger partial charge in [0.2, 0.25) is 5.82 Å². The van der Waals surface area contributed by atoms with Gasteiger partial charge in [0.25, 0.3) is 0 Å². The molecule has 0 saturated carbocycles. The van der Waals surface area contributed by atoms with Crippen molar-refractivity contribution >= 4 is 5.69 Å². The Morgan fingerprint density at radius 3 is 2.37 bits per heavy atom. The van der Waals surface area contributed by atoms with Gasteiger partial charge in [-0.25, -0.2) is 4.39 Å². The Morgan fingerprint density at radius 2 is 1.89 bits per heavy atom. The van der Waals surface area contributed by atoms with E-state index in [0.29, 0.717) is 25.0 Å². The monoisotopic (exact) mass is 275 g/mol. The largest absolute Gasteiger partial charge is 0.487 e. The van der Waals surface area contributed by atoms with Gasteiger partial charge >= 0.3 is 5.69 Å². The van der Waals surface area contributed by atoms with Crippen LogP contribution in [0.3, 0.4) is 0 Å². The lowest BCUT2D eigenvalue weighted by atomic mass is 9.99. The molecule has 0 heterocycles. The number of rotatable bonds is 6. The molecule has 0 saturated heterocycles. The molecule has 1 rings (SSSR count). The first-order valence-corrected chi connectivity index (χ1v) is 5.81. The molecule has 106 valence electrons. The lowest BCUT2D eigenvalue weighted by molar-refractivity contribution is -0.387. The maximum absolute atomic E-state index is 13.5. The summed E-state index contributed by atoms with van der Waals surface area (Å²) in [6.45, 7) is 3.26. The van der Waals surface area contributed by atoms with Crippen LogP contribution < -0.4 is 4.74 Å². The highest BCUT2D eigenvalue weighted by atomic mass is 19.1. The molecule has 7 heteroatoms. The number of nitrogens with zero attached hydrogens (tertiary/aromatic N) is 1. The predicted octanol–water partition coefficient (Wildman–Crippen LogP) is 2.80. The molecule has 1 aromatic carbocycles. The molecule has 1 aromatic rings. The fourth-order valence-electron chi connectivity index (χ4n) is 1.43. The van der Waals surface area contributed by atoms with Crippen molar-refractivity contribution in [3.8, 4) is 5.75 Å². The Kier molecular flexibility index (Phi) is 4.77. The maximum atomic E-state index is 13.5. The SMILES string of the molecule is CCC(O)(CC)COc1cc(F)c([N+](=O)[O-])cc1F. The van der Waals surface area contributed by atoms with E-state index in [0.717, 1.165) is 0 Å². The molecule has 0 amide bonds. The standard InChI is InChI=1S/C12H15F2NO4/c1-3-12(16,4-2)7-19-11-6-8(13)10(15(17)18)5-9(11)14/h5-6,16H,3-4,7H2,1-2H3. The maximum Gasteiger partial charge on any atom is 0.307 e. The van der Waals surface area contributed by atoms with Crippen LogP contribution in [0, 0.1) is 21.7 Å². The first-order chi connectivity index (χ1) is 8.83. The number of halogens is 2. The van der Waals surface area contributed by atoms with Gasteiger partial charge in [0, 0.05) is 6.07 Å². The summed E-state index contributed by atoms with van der Waals surface area (Å²) in [5.41, 5.74) is -2.09. The molecule has 0 fully saturated rings. The topological polar surface area (TPSA) is 72.6 Å². The summed E-state index contributed by atoms with van der Waals surface area (Å²) in [6.07, 6.45) is 0.779. The Hall–Kier alpha value is -1.76. The fourth-order valence-corrected chi connectivity index (χ4v) is 1.43. The molecule has 19 heavy (non-hydrogen) atoms. The van der Waals surface area contributed by atoms with Crippen LogP contribution in [0.5, 0.6) is 5.75 Å². The van der Waals surface area contributed by atoms with Crippen LogP contribution in [0.2, 0.25) is 0 Å². The van der Waals surface area contributed by atoms with Crippen LogP contribution in [0.4, 0.5) is 14.5 Å². The Balaban J connectivity index is 2.92. The molecular weight excluding hydrogens is 260 g/mol. The Labute approximate surface area is 109 Å². The quantitative estimate of drug-likeness (QED) is 0.640.